The molecule has 1 aliphatic heterocycles. The molecule has 0 spiro atoms. The molecule has 2 N–H and O–H groups in total. The molecule has 8 nitrogen and oxygen atoms in total. The third-order valence-electron chi connectivity index (χ3n) is 7.90. The van der Waals surface area contributed by atoms with Gasteiger partial charge in [-0.3, -0.25) is 14.3 Å². The minimum Gasteiger partial charge on any atom is -0.489 e. The first-order valence-corrected chi connectivity index (χ1v) is 14.5. The maximum atomic E-state index is 13.2. The van der Waals surface area contributed by atoms with Crippen LogP contribution in [0.1, 0.15) is 47.7 Å². The van der Waals surface area contributed by atoms with E-state index in [1.165, 1.54) is 0 Å². The van der Waals surface area contributed by atoms with Crippen molar-refractivity contribution in [3.05, 3.63) is 83.0 Å². The number of amides is 1. The fourth-order valence-electron chi connectivity index (χ4n) is 5.38. The number of fused-ring (bicyclic) bond motifs is 1. The minimum absolute atomic E-state index is 0.204. The number of aryl methyl sites for hydroxylation is 1. The summed E-state index contributed by atoms with van der Waals surface area (Å²) in [6, 6.07) is 17.6. The van der Waals surface area contributed by atoms with Crippen molar-refractivity contribution in [2.45, 2.75) is 43.9 Å². The summed E-state index contributed by atoms with van der Waals surface area (Å²) in [6.07, 6.45) is 5.13. The summed E-state index contributed by atoms with van der Waals surface area (Å²) in [6.45, 7) is 2.19. The van der Waals surface area contributed by atoms with E-state index in [4.69, 9.17) is 16.3 Å². The van der Waals surface area contributed by atoms with Gasteiger partial charge in [0.2, 0.25) is 5.78 Å². The number of ketones is 1. The van der Waals surface area contributed by atoms with Crippen LogP contribution >= 0.6 is 11.6 Å². The molecule has 2 fully saturated rings. The lowest BCUT2D eigenvalue weighted by Gasteiger charge is -2.28. The van der Waals surface area contributed by atoms with Crippen LogP contribution in [0.15, 0.2) is 66.9 Å². The number of aliphatic hydroxyl groups is 1. The van der Waals surface area contributed by atoms with E-state index in [9.17, 15) is 14.7 Å². The molecule has 0 bridgehead atoms. The molecule has 1 saturated carbocycles. The number of hydrogen-bond donors (Lipinski definition) is 2. The zero-order valence-corrected chi connectivity index (χ0v) is 23.7. The van der Waals surface area contributed by atoms with Crippen molar-refractivity contribution < 1.29 is 19.4 Å². The van der Waals surface area contributed by atoms with Crippen molar-refractivity contribution in [3.63, 3.8) is 0 Å². The molecule has 1 aromatic heterocycles. The third-order valence-corrected chi connectivity index (χ3v) is 8.19. The Morgan fingerprint density at radius 2 is 1.78 bits per heavy atom. The summed E-state index contributed by atoms with van der Waals surface area (Å²) in [5, 5.41) is 19.9. The topological polar surface area (TPSA) is 96.7 Å². The van der Waals surface area contributed by atoms with E-state index in [-0.39, 0.29) is 11.7 Å². The molecule has 2 aliphatic rings. The SMILES string of the molecule is Cn1ncc2cc(-c3ccc(C(=O)C(=O)NC(CN4CCCC4)C(O)c4ccc(OC5CC5)c(Cl)c4)cc3)ccc21. The van der Waals surface area contributed by atoms with Crippen LogP contribution in [0, 0.1) is 0 Å². The maximum absolute atomic E-state index is 13.2. The second-order valence-corrected chi connectivity index (χ2v) is 11.4. The largest absolute Gasteiger partial charge is 0.489 e. The van der Waals surface area contributed by atoms with Crippen LogP contribution in [0.2, 0.25) is 5.02 Å². The number of aliphatic hydroxyl groups excluding tert-OH is 1. The second kappa shape index (κ2) is 11.6. The first-order chi connectivity index (χ1) is 19.9. The van der Waals surface area contributed by atoms with Gasteiger partial charge in [-0.2, -0.15) is 5.10 Å². The van der Waals surface area contributed by atoms with Gasteiger partial charge in [0.1, 0.15) is 11.9 Å². The quantitative estimate of drug-likeness (QED) is 0.207. The maximum Gasteiger partial charge on any atom is 0.292 e. The Bertz CT molecular complexity index is 1570. The molecule has 2 unspecified atom stereocenters. The van der Waals surface area contributed by atoms with Crippen LogP contribution in [0.3, 0.4) is 0 Å². The Balaban J connectivity index is 1.16. The predicted molar refractivity (Wildman–Crippen MR) is 158 cm³/mol. The highest BCUT2D eigenvalue weighted by Gasteiger charge is 2.30. The fraction of sp³-hybridized carbons (Fsp3) is 0.344. The number of hydrogen-bond acceptors (Lipinski definition) is 6. The monoisotopic (exact) mass is 572 g/mol. The fourth-order valence-corrected chi connectivity index (χ4v) is 5.62. The molecule has 0 radical (unpaired) electrons. The number of Topliss-reactive ketones (excluding diaryl/α,β-unsaturated/α-hetero) is 1. The Labute approximate surface area is 243 Å². The van der Waals surface area contributed by atoms with Gasteiger partial charge in [-0.1, -0.05) is 48.0 Å². The molecule has 2 heterocycles. The van der Waals surface area contributed by atoms with E-state index in [1.807, 2.05) is 48.3 Å². The number of halogens is 1. The highest BCUT2D eigenvalue weighted by molar-refractivity contribution is 6.42. The number of nitrogens with one attached hydrogen (secondary N) is 1. The van der Waals surface area contributed by atoms with Crippen molar-refractivity contribution in [1.82, 2.24) is 20.0 Å². The first-order valence-electron chi connectivity index (χ1n) is 14.1. The van der Waals surface area contributed by atoms with E-state index < -0.39 is 23.8 Å². The van der Waals surface area contributed by atoms with Gasteiger partial charge in [0.25, 0.3) is 5.91 Å². The van der Waals surface area contributed by atoms with E-state index in [0.717, 1.165) is 60.8 Å². The van der Waals surface area contributed by atoms with Crippen LogP contribution in [0.5, 0.6) is 5.75 Å². The molecule has 2 atom stereocenters. The van der Waals surface area contributed by atoms with E-state index in [1.54, 1.807) is 30.3 Å². The van der Waals surface area contributed by atoms with Crippen molar-refractivity contribution in [2.24, 2.45) is 7.05 Å². The van der Waals surface area contributed by atoms with Crippen molar-refractivity contribution in [3.8, 4) is 16.9 Å². The van der Waals surface area contributed by atoms with Gasteiger partial charge in [-0.25, -0.2) is 0 Å². The van der Waals surface area contributed by atoms with Crippen LogP contribution in [0.25, 0.3) is 22.0 Å². The highest BCUT2D eigenvalue weighted by atomic mass is 35.5. The lowest BCUT2D eigenvalue weighted by molar-refractivity contribution is -0.118. The van der Waals surface area contributed by atoms with Crippen LogP contribution < -0.4 is 10.1 Å². The van der Waals surface area contributed by atoms with E-state index in [0.29, 0.717) is 22.9 Å². The minimum atomic E-state index is -1.05. The number of ether oxygens (including phenoxy) is 1. The summed E-state index contributed by atoms with van der Waals surface area (Å²) in [7, 11) is 1.90. The van der Waals surface area contributed by atoms with Crippen molar-refractivity contribution in [1.29, 1.82) is 0 Å². The summed E-state index contributed by atoms with van der Waals surface area (Å²) >= 11 is 6.45. The Morgan fingerprint density at radius 1 is 1.05 bits per heavy atom. The molecule has 1 aliphatic carbocycles. The molecule has 9 heteroatoms. The smallest absolute Gasteiger partial charge is 0.292 e. The first kappa shape index (κ1) is 27.4. The second-order valence-electron chi connectivity index (χ2n) is 11.0. The van der Waals surface area contributed by atoms with E-state index >= 15 is 0 Å². The van der Waals surface area contributed by atoms with Crippen LogP contribution in [-0.4, -0.2) is 63.3 Å². The molecule has 3 aromatic carbocycles. The molecule has 4 aromatic rings. The van der Waals surface area contributed by atoms with Crippen molar-refractivity contribution >= 4 is 34.2 Å². The summed E-state index contributed by atoms with van der Waals surface area (Å²) in [5.74, 6) is -0.814. The number of benzene rings is 3. The van der Waals surface area contributed by atoms with Gasteiger partial charge in [-0.15, -0.1) is 0 Å². The van der Waals surface area contributed by atoms with Crippen molar-refractivity contribution in [2.75, 3.05) is 19.6 Å². The highest BCUT2D eigenvalue weighted by Crippen LogP contribution is 2.34. The zero-order valence-electron chi connectivity index (χ0n) is 22.9. The molecule has 41 heavy (non-hydrogen) atoms. The number of aromatic nitrogens is 2. The number of carbonyl (C=O) groups is 2. The van der Waals surface area contributed by atoms with Gasteiger partial charge < -0.3 is 20.1 Å². The Kier molecular flexibility index (Phi) is 7.79. The lowest BCUT2D eigenvalue weighted by Crippen LogP contribution is -2.48. The van der Waals surface area contributed by atoms with Gasteiger partial charge in [-0.05, 0) is 79.7 Å². The molecule has 6 rings (SSSR count). The standard InChI is InChI=1S/C32H33ClN4O4/c1-36-28-12-8-22(16-24(28)18-34-36)20-4-6-21(7-5-20)31(39)32(40)35-27(19-37-14-2-3-15-37)30(38)23-9-13-29(26(33)17-23)41-25-10-11-25/h4-9,12-13,16-18,25,27,30,38H,2-3,10-11,14-15,19H2,1H3,(H,35,40). The van der Waals surface area contributed by atoms with Gasteiger partial charge >= 0.3 is 0 Å². The van der Waals surface area contributed by atoms with Gasteiger partial charge in [0, 0.05) is 24.5 Å². The Hall–Kier alpha value is -3.72. The van der Waals surface area contributed by atoms with E-state index in [2.05, 4.69) is 15.3 Å². The lowest BCUT2D eigenvalue weighted by atomic mass is 9.99. The van der Waals surface area contributed by atoms with Gasteiger partial charge in [0.15, 0.2) is 0 Å². The summed E-state index contributed by atoms with van der Waals surface area (Å²) in [4.78, 5) is 28.5. The predicted octanol–water partition coefficient (Wildman–Crippen LogP) is 4.93. The molecule has 1 amide bonds. The normalized spacial score (nSPS) is 17.0. The third kappa shape index (κ3) is 6.15. The molecular weight excluding hydrogens is 540 g/mol. The number of nitrogens with zero attached hydrogens (tertiary/aromatic N) is 3. The summed E-state index contributed by atoms with van der Waals surface area (Å²) < 4.78 is 7.64. The molecule has 212 valence electrons. The number of rotatable bonds is 10. The average Bonchev–Trinajstić information content (AvgIpc) is 3.51. The number of carbonyl (C=O) groups excluding carboxylic acids is 2. The zero-order chi connectivity index (χ0) is 28.5. The molecule has 1 saturated heterocycles. The number of likely N-dealkylation sites (tertiary alicyclic amines) is 1. The average molecular weight is 573 g/mol. The Morgan fingerprint density at radius 3 is 2.49 bits per heavy atom. The van der Waals surface area contributed by atoms with Crippen LogP contribution in [0.4, 0.5) is 0 Å². The summed E-state index contributed by atoms with van der Waals surface area (Å²) in [5.41, 5.74) is 3.81. The van der Waals surface area contributed by atoms with Crippen LogP contribution in [-0.2, 0) is 11.8 Å². The molecular formula is C32H33ClN4O4. The van der Waals surface area contributed by atoms with Gasteiger partial charge in [0.05, 0.1) is 28.9 Å².